The highest BCUT2D eigenvalue weighted by molar-refractivity contribution is 5.95. The maximum Gasteiger partial charge on any atom is 0.254 e. The fourth-order valence-electron chi connectivity index (χ4n) is 5.11. The summed E-state index contributed by atoms with van der Waals surface area (Å²) in [6, 6.07) is 12.9. The number of rotatable bonds is 6. The van der Waals surface area contributed by atoms with E-state index in [1.807, 2.05) is 53.6 Å². The number of amides is 3. The summed E-state index contributed by atoms with van der Waals surface area (Å²) in [5.74, 6) is -0.508. The van der Waals surface area contributed by atoms with Crippen molar-refractivity contribution in [3.8, 4) is 0 Å². The molecule has 0 spiro atoms. The van der Waals surface area contributed by atoms with Gasteiger partial charge in [-0.15, -0.1) is 0 Å². The van der Waals surface area contributed by atoms with Crippen molar-refractivity contribution in [3.63, 3.8) is 0 Å². The molecule has 0 bridgehead atoms. The second-order valence-corrected chi connectivity index (χ2v) is 10.7. The third-order valence-electron chi connectivity index (χ3n) is 7.36. The molecule has 3 aromatic rings. The number of H-pyrrole nitrogens is 1. The second-order valence-electron chi connectivity index (χ2n) is 10.7. The van der Waals surface area contributed by atoms with E-state index in [0.29, 0.717) is 57.8 Å². The van der Waals surface area contributed by atoms with E-state index in [2.05, 4.69) is 10.3 Å². The molecule has 0 aliphatic carbocycles. The molecule has 0 saturated carbocycles. The summed E-state index contributed by atoms with van der Waals surface area (Å²) >= 11 is 0. The van der Waals surface area contributed by atoms with Gasteiger partial charge in [-0.2, -0.15) is 0 Å². The van der Waals surface area contributed by atoms with Crippen LogP contribution in [-0.4, -0.2) is 76.9 Å². The highest BCUT2D eigenvalue weighted by Gasteiger charge is 2.33. The number of nitrogens with zero attached hydrogens (tertiary/aromatic N) is 2. The van der Waals surface area contributed by atoms with Crippen LogP contribution in [0.4, 0.5) is 0 Å². The van der Waals surface area contributed by atoms with E-state index in [9.17, 15) is 14.4 Å². The summed E-state index contributed by atoms with van der Waals surface area (Å²) in [5, 5.41) is 3.93. The molecule has 9 heteroatoms. The lowest BCUT2D eigenvalue weighted by atomic mass is 9.95. The summed E-state index contributed by atoms with van der Waals surface area (Å²) in [6.07, 6.45) is 2.88. The molecule has 0 radical (unpaired) electrons. The molecule has 1 atom stereocenters. The molecule has 1 fully saturated rings. The first kappa shape index (κ1) is 25.9. The van der Waals surface area contributed by atoms with Gasteiger partial charge in [-0.25, -0.2) is 0 Å². The van der Waals surface area contributed by atoms with Gasteiger partial charge in [0.25, 0.3) is 5.91 Å². The summed E-state index contributed by atoms with van der Waals surface area (Å²) in [7, 11) is 0. The third kappa shape index (κ3) is 5.44. The fourth-order valence-corrected chi connectivity index (χ4v) is 5.11. The first-order chi connectivity index (χ1) is 18.2. The normalized spacial score (nSPS) is 16.7. The zero-order valence-corrected chi connectivity index (χ0v) is 22.0. The van der Waals surface area contributed by atoms with E-state index in [1.54, 1.807) is 18.7 Å². The Morgan fingerprint density at radius 1 is 1.05 bits per heavy atom. The number of aromatic nitrogens is 1. The van der Waals surface area contributed by atoms with E-state index >= 15 is 0 Å². The molecule has 1 aromatic heterocycles. The standard InChI is InChI=1S/C29H35N5O4/c1-29(2,30)28(37)32-25(16-22-17-31-24-6-4-3-5-23(22)24)27(36)34-10-9-19-15-20(7-8-21(19)18-34)26(35)33-11-13-38-14-12-33/h3-8,15,17,25,31H,9-14,16,18,30H2,1-2H3,(H,32,37). The average molecular weight is 518 g/mol. The lowest BCUT2D eigenvalue weighted by molar-refractivity contribution is -0.138. The summed E-state index contributed by atoms with van der Waals surface area (Å²) in [6.45, 7) is 6.50. The highest BCUT2D eigenvalue weighted by Crippen LogP contribution is 2.24. The Hall–Kier alpha value is -3.69. The van der Waals surface area contributed by atoms with Gasteiger partial charge in [-0.05, 0) is 55.2 Å². The number of hydrogen-bond acceptors (Lipinski definition) is 5. The van der Waals surface area contributed by atoms with Crippen molar-refractivity contribution in [2.75, 3.05) is 32.8 Å². The van der Waals surface area contributed by atoms with E-state index < -0.39 is 11.6 Å². The number of nitrogens with two attached hydrogens (primary N) is 1. The molecule has 38 heavy (non-hydrogen) atoms. The van der Waals surface area contributed by atoms with Gasteiger partial charge in [-0.3, -0.25) is 14.4 Å². The first-order valence-corrected chi connectivity index (χ1v) is 13.1. The topological polar surface area (TPSA) is 121 Å². The Kier molecular flexibility index (Phi) is 7.23. The maximum atomic E-state index is 13.8. The molecule has 1 saturated heterocycles. The number of para-hydroxylation sites is 1. The van der Waals surface area contributed by atoms with Crippen molar-refractivity contribution in [3.05, 3.63) is 70.9 Å². The van der Waals surface area contributed by atoms with Crippen LogP contribution in [0.5, 0.6) is 0 Å². The summed E-state index contributed by atoms with van der Waals surface area (Å²) in [4.78, 5) is 46.4. The molecule has 2 aliphatic rings. The molecule has 3 heterocycles. The largest absolute Gasteiger partial charge is 0.378 e. The van der Waals surface area contributed by atoms with Crippen LogP contribution in [0.25, 0.3) is 10.9 Å². The molecule has 3 amide bonds. The first-order valence-electron chi connectivity index (χ1n) is 13.1. The molecule has 1 unspecified atom stereocenters. The van der Waals surface area contributed by atoms with Crippen LogP contribution < -0.4 is 11.1 Å². The van der Waals surface area contributed by atoms with Gasteiger partial charge in [0, 0.05) is 55.3 Å². The minimum atomic E-state index is -1.11. The Balaban J connectivity index is 1.34. The number of nitrogens with one attached hydrogen (secondary N) is 2. The lowest BCUT2D eigenvalue weighted by Gasteiger charge is -2.33. The summed E-state index contributed by atoms with van der Waals surface area (Å²) in [5.41, 5.74) is 9.62. The van der Waals surface area contributed by atoms with Gasteiger partial charge in [-0.1, -0.05) is 24.3 Å². The predicted octanol–water partition coefficient (Wildman–Crippen LogP) is 1.99. The molecular weight excluding hydrogens is 482 g/mol. The maximum absolute atomic E-state index is 13.8. The zero-order valence-electron chi connectivity index (χ0n) is 22.0. The molecule has 2 aromatic carbocycles. The Morgan fingerprint density at radius 3 is 2.58 bits per heavy atom. The molecular formula is C29H35N5O4. The minimum absolute atomic E-state index is 0.0144. The summed E-state index contributed by atoms with van der Waals surface area (Å²) < 4.78 is 5.36. The van der Waals surface area contributed by atoms with Crippen LogP contribution in [0.15, 0.2) is 48.7 Å². The van der Waals surface area contributed by atoms with E-state index in [4.69, 9.17) is 10.5 Å². The van der Waals surface area contributed by atoms with Gasteiger partial charge >= 0.3 is 0 Å². The van der Waals surface area contributed by atoms with Crippen LogP contribution in [0.3, 0.4) is 0 Å². The number of hydrogen-bond donors (Lipinski definition) is 3. The van der Waals surface area contributed by atoms with Gasteiger partial charge in [0.2, 0.25) is 11.8 Å². The van der Waals surface area contributed by atoms with E-state index in [-0.39, 0.29) is 17.7 Å². The van der Waals surface area contributed by atoms with Crippen molar-refractivity contribution in [2.24, 2.45) is 5.73 Å². The number of benzene rings is 2. The predicted molar refractivity (Wildman–Crippen MR) is 144 cm³/mol. The number of morpholine rings is 1. The lowest BCUT2D eigenvalue weighted by Crippen LogP contribution is -2.57. The van der Waals surface area contributed by atoms with Crippen molar-refractivity contribution in [1.29, 1.82) is 0 Å². The van der Waals surface area contributed by atoms with Crippen molar-refractivity contribution >= 4 is 28.6 Å². The molecule has 200 valence electrons. The van der Waals surface area contributed by atoms with Crippen LogP contribution in [-0.2, 0) is 33.7 Å². The Bertz CT molecular complexity index is 1350. The van der Waals surface area contributed by atoms with E-state index in [1.165, 1.54) is 0 Å². The zero-order chi connectivity index (χ0) is 26.9. The van der Waals surface area contributed by atoms with Crippen LogP contribution in [0.1, 0.15) is 40.9 Å². The highest BCUT2D eigenvalue weighted by atomic mass is 16.5. The second kappa shape index (κ2) is 10.6. The third-order valence-corrected chi connectivity index (χ3v) is 7.36. The molecule has 5 rings (SSSR count). The molecule has 2 aliphatic heterocycles. The average Bonchev–Trinajstić information content (AvgIpc) is 3.34. The van der Waals surface area contributed by atoms with Gasteiger partial charge in [0.15, 0.2) is 0 Å². The molecule has 4 N–H and O–H groups in total. The number of ether oxygens (including phenoxy) is 1. The quantitative estimate of drug-likeness (QED) is 0.462. The van der Waals surface area contributed by atoms with Crippen molar-refractivity contribution < 1.29 is 19.1 Å². The van der Waals surface area contributed by atoms with Gasteiger partial charge in [0.1, 0.15) is 6.04 Å². The Labute approximate surface area is 222 Å². The molecule has 9 nitrogen and oxygen atoms in total. The number of aromatic amines is 1. The number of fused-ring (bicyclic) bond motifs is 2. The minimum Gasteiger partial charge on any atom is -0.378 e. The Morgan fingerprint density at radius 2 is 1.82 bits per heavy atom. The van der Waals surface area contributed by atoms with Crippen molar-refractivity contribution in [2.45, 2.75) is 44.8 Å². The number of carbonyl (C=O) groups is 3. The SMILES string of the molecule is CC(C)(N)C(=O)NC(Cc1c[nH]c2ccccc12)C(=O)N1CCc2cc(C(=O)N3CCOCC3)ccc2C1. The monoisotopic (exact) mass is 517 g/mol. The van der Waals surface area contributed by atoms with Crippen LogP contribution >= 0.6 is 0 Å². The van der Waals surface area contributed by atoms with E-state index in [0.717, 1.165) is 27.6 Å². The van der Waals surface area contributed by atoms with Crippen LogP contribution in [0, 0.1) is 0 Å². The van der Waals surface area contributed by atoms with Crippen LogP contribution in [0.2, 0.25) is 0 Å². The number of carbonyl (C=O) groups excluding carboxylic acids is 3. The van der Waals surface area contributed by atoms with Gasteiger partial charge < -0.3 is 30.6 Å². The van der Waals surface area contributed by atoms with Gasteiger partial charge in [0.05, 0.1) is 18.8 Å². The smallest absolute Gasteiger partial charge is 0.254 e. The fraction of sp³-hybridized carbons (Fsp3) is 0.414. The van der Waals surface area contributed by atoms with Crippen molar-refractivity contribution in [1.82, 2.24) is 20.1 Å².